The summed E-state index contributed by atoms with van der Waals surface area (Å²) in [5.74, 6) is 0.0530. The van der Waals surface area contributed by atoms with Gasteiger partial charge in [-0.15, -0.1) is 0 Å². The fraction of sp³-hybridized carbons (Fsp3) is 0.500. The average molecular weight is 352 g/mol. The van der Waals surface area contributed by atoms with E-state index in [2.05, 4.69) is 9.71 Å². The van der Waals surface area contributed by atoms with Crippen molar-refractivity contribution in [3.8, 4) is 0 Å². The molecule has 0 radical (unpaired) electrons. The topological polar surface area (TPSA) is 79.4 Å². The molecule has 1 saturated heterocycles. The molecule has 9 heteroatoms. The molecule has 21 heavy (non-hydrogen) atoms. The van der Waals surface area contributed by atoms with Crippen molar-refractivity contribution in [2.45, 2.75) is 30.7 Å². The van der Waals surface area contributed by atoms with Gasteiger partial charge in [-0.25, -0.2) is 18.1 Å². The van der Waals surface area contributed by atoms with Gasteiger partial charge in [-0.2, -0.15) is 0 Å². The number of nitrogens with zero attached hydrogens (tertiary/aromatic N) is 2. The van der Waals surface area contributed by atoms with Crippen LogP contribution in [0.3, 0.4) is 0 Å². The largest absolute Gasteiger partial charge is 0.341 e. The van der Waals surface area contributed by atoms with Gasteiger partial charge in [0.05, 0.1) is 5.02 Å². The molecule has 1 aromatic rings. The number of carbonyl (C=O) groups excluding carboxylic acids is 1. The van der Waals surface area contributed by atoms with Crippen molar-refractivity contribution >= 4 is 39.1 Å². The minimum absolute atomic E-state index is 0.0475. The highest BCUT2D eigenvalue weighted by Crippen LogP contribution is 2.22. The van der Waals surface area contributed by atoms with Gasteiger partial charge >= 0.3 is 0 Å². The molecule has 116 valence electrons. The Morgan fingerprint density at radius 1 is 1.48 bits per heavy atom. The van der Waals surface area contributed by atoms with Crippen LogP contribution in [0.2, 0.25) is 10.2 Å². The smallest absolute Gasteiger partial charge is 0.242 e. The number of carbonyl (C=O) groups is 1. The molecule has 1 aliphatic rings. The van der Waals surface area contributed by atoms with Crippen LogP contribution in [-0.2, 0) is 14.8 Å². The molecule has 1 aliphatic heterocycles. The van der Waals surface area contributed by atoms with Crippen molar-refractivity contribution in [1.29, 1.82) is 0 Å². The minimum atomic E-state index is -3.75. The molecular formula is C12H15Cl2N3O3S. The van der Waals surface area contributed by atoms with Crippen LogP contribution in [0.25, 0.3) is 0 Å². The van der Waals surface area contributed by atoms with Crippen molar-refractivity contribution < 1.29 is 13.2 Å². The number of rotatable bonds is 5. The monoisotopic (exact) mass is 351 g/mol. The summed E-state index contributed by atoms with van der Waals surface area (Å²) in [6, 6.07) is 0.832. The van der Waals surface area contributed by atoms with Crippen molar-refractivity contribution in [3.05, 3.63) is 22.4 Å². The van der Waals surface area contributed by atoms with Gasteiger partial charge < -0.3 is 4.90 Å². The van der Waals surface area contributed by atoms with Gasteiger partial charge in [0.2, 0.25) is 15.9 Å². The fourth-order valence-electron chi connectivity index (χ4n) is 2.15. The molecule has 1 fully saturated rings. The summed E-state index contributed by atoms with van der Waals surface area (Å²) in [6.45, 7) is 2.71. The number of aromatic nitrogens is 1. The van der Waals surface area contributed by atoms with Gasteiger partial charge in [-0.05, 0) is 19.4 Å². The Kier molecular flexibility index (Phi) is 5.08. The van der Waals surface area contributed by atoms with E-state index in [0.29, 0.717) is 19.5 Å². The Bertz CT molecular complexity index is 651. The summed E-state index contributed by atoms with van der Waals surface area (Å²) in [6.07, 6.45) is 2.48. The number of halogens is 2. The number of nitrogens with one attached hydrogen (secondary N) is 1. The predicted molar refractivity (Wildman–Crippen MR) is 79.9 cm³/mol. The lowest BCUT2D eigenvalue weighted by Crippen LogP contribution is -2.42. The number of amides is 1. The highest BCUT2D eigenvalue weighted by Gasteiger charge is 2.25. The first kappa shape index (κ1) is 16.5. The van der Waals surface area contributed by atoms with E-state index in [1.807, 2.05) is 0 Å². The van der Waals surface area contributed by atoms with E-state index < -0.39 is 16.1 Å². The van der Waals surface area contributed by atoms with Gasteiger partial charge in [0.1, 0.15) is 10.0 Å². The van der Waals surface area contributed by atoms with E-state index in [1.54, 1.807) is 11.8 Å². The Hall–Kier alpha value is -0.890. The fourth-order valence-corrected chi connectivity index (χ4v) is 3.69. The standard InChI is InChI=1S/C12H15Cl2N3O3S/c1-8(7-17-4-2-3-11(17)18)16-21(19,20)9-5-10(13)12(14)15-6-9/h5-6,8,16H,2-4,7H2,1H3. The summed E-state index contributed by atoms with van der Waals surface area (Å²) >= 11 is 11.4. The lowest BCUT2D eigenvalue weighted by Gasteiger charge is -2.21. The minimum Gasteiger partial charge on any atom is -0.341 e. The SMILES string of the molecule is CC(CN1CCCC1=O)NS(=O)(=O)c1cnc(Cl)c(Cl)c1. The van der Waals surface area contributed by atoms with Crippen molar-refractivity contribution in [2.75, 3.05) is 13.1 Å². The molecule has 1 N–H and O–H groups in total. The van der Waals surface area contributed by atoms with E-state index in [0.717, 1.165) is 12.6 Å². The molecular weight excluding hydrogens is 337 g/mol. The van der Waals surface area contributed by atoms with Crippen LogP contribution in [0.1, 0.15) is 19.8 Å². The van der Waals surface area contributed by atoms with E-state index in [1.165, 1.54) is 6.07 Å². The van der Waals surface area contributed by atoms with E-state index in [9.17, 15) is 13.2 Å². The van der Waals surface area contributed by atoms with Gasteiger partial charge in [0.15, 0.2) is 0 Å². The van der Waals surface area contributed by atoms with Gasteiger partial charge in [0, 0.05) is 31.7 Å². The Labute approximate surface area is 133 Å². The Morgan fingerprint density at radius 2 is 2.19 bits per heavy atom. The van der Waals surface area contributed by atoms with E-state index in [4.69, 9.17) is 23.2 Å². The highest BCUT2D eigenvalue weighted by molar-refractivity contribution is 7.89. The first-order valence-electron chi connectivity index (χ1n) is 6.41. The maximum Gasteiger partial charge on any atom is 0.242 e. The molecule has 0 bridgehead atoms. The number of likely N-dealkylation sites (tertiary alicyclic amines) is 1. The number of hydrogen-bond donors (Lipinski definition) is 1. The highest BCUT2D eigenvalue weighted by atomic mass is 35.5. The quantitative estimate of drug-likeness (QED) is 0.818. The zero-order valence-corrected chi connectivity index (χ0v) is 13.7. The Morgan fingerprint density at radius 3 is 2.76 bits per heavy atom. The summed E-state index contributed by atoms with van der Waals surface area (Å²) in [4.78, 5) is 16.8. The Balaban J connectivity index is 2.06. The van der Waals surface area contributed by atoms with Gasteiger partial charge in [-0.3, -0.25) is 4.79 Å². The second-order valence-electron chi connectivity index (χ2n) is 4.91. The van der Waals surface area contributed by atoms with Crippen LogP contribution in [0.5, 0.6) is 0 Å². The van der Waals surface area contributed by atoms with E-state index >= 15 is 0 Å². The number of pyridine rings is 1. The average Bonchev–Trinajstić information content (AvgIpc) is 2.77. The van der Waals surface area contributed by atoms with Crippen molar-refractivity contribution in [1.82, 2.24) is 14.6 Å². The van der Waals surface area contributed by atoms with Crippen LogP contribution in [0, 0.1) is 0 Å². The molecule has 0 saturated carbocycles. The van der Waals surface area contributed by atoms with Crippen LogP contribution in [0.4, 0.5) is 0 Å². The molecule has 1 aromatic heterocycles. The number of sulfonamides is 1. The zero-order valence-electron chi connectivity index (χ0n) is 11.3. The first-order chi connectivity index (χ1) is 9.79. The molecule has 2 heterocycles. The van der Waals surface area contributed by atoms with Gasteiger partial charge in [-0.1, -0.05) is 23.2 Å². The van der Waals surface area contributed by atoms with Crippen LogP contribution >= 0.6 is 23.2 Å². The number of hydrogen-bond acceptors (Lipinski definition) is 4. The van der Waals surface area contributed by atoms with Crippen molar-refractivity contribution in [3.63, 3.8) is 0 Å². The second kappa shape index (κ2) is 6.48. The summed E-state index contributed by atoms with van der Waals surface area (Å²) in [5, 5.41) is 0.119. The lowest BCUT2D eigenvalue weighted by molar-refractivity contribution is -0.127. The lowest BCUT2D eigenvalue weighted by atomic mass is 10.3. The van der Waals surface area contributed by atoms with Gasteiger partial charge in [0.25, 0.3) is 0 Å². The molecule has 0 aliphatic carbocycles. The maximum atomic E-state index is 12.2. The summed E-state index contributed by atoms with van der Waals surface area (Å²) < 4.78 is 26.9. The van der Waals surface area contributed by atoms with Crippen LogP contribution in [-0.4, -0.2) is 43.3 Å². The van der Waals surface area contributed by atoms with Crippen LogP contribution < -0.4 is 4.72 Å². The second-order valence-corrected chi connectivity index (χ2v) is 7.39. The molecule has 2 rings (SSSR count). The third-order valence-electron chi connectivity index (χ3n) is 3.10. The molecule has 0 spiro atoms. The molecule has 6 nitrogen and oxygen atoms in total. The zero-order chi connectivity index (χ0) is 15.6. The third-order valence-corrected chi connectivity index (χ3v) is 5.35. The molecule has 1 unspecified atom stereocenters. The van der Waals surface area contributed by atoms with Crippen molar-refractivity contribution in [2.24, 2.45) is 0 Å². The molecule has 1 amide bonds. The normalized spacial score (nSPS) is 17.3. The predicted octanol–water partition coefficient (Wildman–Crippen LogP) is 1.68. The maximum absolute atomic E-state index is 12.2. The first-order valence-corrected chi connectivity index (χ1v) is 8.64. The third kappa shape index (κ3) is 4.06. The summed E-state index contributed by atoms with van der Waals surface area (Å²) in [5.41, 5.74) is 0. The molecule has 0 aromatic carbocycles. The van der Waals surface area contributed by atoms with E-state index in [-0.39, 0.29) is 21.0 Å². The van der Waals surface area contributed by atoms with Crippen LogP contribution in [0.15, 0.2) is 17.2 Å². The molecule has 1 atom stereocenters. The summed E-state index contributed by atoms with van der Waals surface area (Å²) in [7, 11) is -3.75.